The fourth-order valence-electron chi connectivity index (χ4n) is 1.70. The Bertz CT molecular complexity index is 516. The van der Waals surface area contributed by atoms with Crippen molar-refractivity contribution in [2.75, 3.05) is 0 Å². The number of rotatable bonds is 4. The molecular weight excluding hydrogens is 295 g/mol. The molecular formula is C14H14BrFN2. The zero-order valence-corrected chi connectivity index (χ0v) is 11.6. The van der Waals surface area contributed by atoms with Gasteiger partial charge in [0, 0.05) is 35.0 Å². The number of benzene rings is 1. The molecule has 0 spiro atoms. The number of halogens is 2. The Labute approximate surface area is 114 Å². The lowest BCUT2D eigenvalue weighted by Crippen LogP contribution is -2.18. The first-order valence-electron chi connectivity index (χ1n) is 5.74. The van der Waals surface area contributed by atoms with Crippen molar-refractivity contribution in [1.82, 2.24) is 10.3 Å². The van der Waals surface area contributed by atoms with E-state index in [0.29, 0.717) is 12.1 Å². The van der Waals surface area contributed by atoms with Crippen LogP contribution in [-0.4, -0.2) is 4.98 Å². The van der Waals surface area contributed by atoms with Gasteiger partial charge in [-0.2, -0.15) is 0 Å². The third-order valence-corrected chi connectivity index (χ3v) is 3.31. The van der Waals surface area contributed by atoms with E-state index in [9.17, 15) is 4.39 Å². The average molecular weight is 309 g/mol. The summed E-state index contributed by atoms with van der Waals surface area (Å²) in [5.41, 5.74) is 1.81. The molecule has 2 rings (SSSR count). The van der Waals surface area contributed by atoms with E-state index < -0.39 is 0 Å². The maximum absolute atomic E-state index is 13.6. The molecule has 2 nitrogen and oxygen atoms in total. The van der Waals surface area contributed by atoms with Crippen LogP contribution in [-0.2, 0) is 6.54 Å². The minimum absolute atomic E-state index is 0.163. The summed E-state index contributed by atoms with van der Waals surface area (Å²) in [6.45, 7) is 2.55. The van der Waals surface area contributed by atoms with Crippen LogP contribution in [0.3, 0.4) is 0 Å². The van der Waals surface area contributed by atoms with Gasteiger partial charge in [-0.1, -0.05) is 22.0 Å². The Kier molecular flexibility index (Phi) is 4.44. The third kappa shape index (κ3) is 3.37. The minimum atomic E-state index is -0.196. The van der Waals surface area contributed by atoms with E-state index in [4.69, 9.17) is 0 Å². The van der Waals surface area contributed by atoms with Crippen molar-refractivity contribution in [3.63, 3.8) is 0 Å². The first kappa shape index (κ1) is 13.2. The summed E-state index contributed by atoms with van der Waals surface area (Å²) < 4.78 is 14.4. The van der Waals surface area contributed by atoms with Crippen molar-refractivity contribution in [3.8, 4) is 0 Å². The van der Waals surface area contributed by atoms with Crippen LogP contribution < -0.4 is 5.32 Å². The number of pyridine rings is 1. The Morgan fingerprint density at radius 1 is 1.28 bits per heavy atom. The number of nitrogens with one attached hydrogen (secondary N) is 1. The SMILES string of the molecule is CC(NCc1ccc(Br)cc1F)c1ccncc1. The molecule has 0 saturated carbocycles. The zero-order valence-electron chi connectivity index (χ0n) is 10.0. The highest BCUT2D eigenvalue weighted by Gasteiger charge is 2.07. The Morgan fingerprint density at radius 3 is 2.67 bits per heavy atom. The molecule has 1 aromatic heterocycles. The van der Waals surface area contributed by atoms with Crippen molar-refractivity contribution in [2.45, 2.75) is 19.5 Å². The van der Waals surface area contributed by atoms with Crippen LogP contribution in [0.4, 0.5) is 4.39 Å². The number of hydrogen-bond acceptors (Lipinski definition) is 2. The van der Waals surface area contributed by atoms with Crippen molar-refractivity contribution >= 4 is 15.9 Å². The monoisotopic (exact) mass is 308 g/mol. The second kappa shape index (κ2) is 6.07. The van der Waals surface area contributed by atoms with Gasteiger partial charge in [0.15, 0.2) is 0 Å². The molecule has 94 valence electrons. The molecule has 0 radical (unpaired) electrons. The van der Waals surface area contributed by atoms with Gasteiger partial charge in [-0.05, 0) is 36.8 Å². The molecule has 0 aliphatic rings. The predicted octanol–water partition coefficient (Wildman–Crippen LogP) is 3.83. The van der Waals surface area contributed by atoms with Crippen LogP contribution >= 0.6 is 15.9 Å². The van der Waals surface area contributed by atoms with Crippen molar-refractivity contribution < 1.29 is 4.39 Å². The topological polar surface area (TPSA) is 24.9 Å². The standard InChI is InChI=1S/C14H14BrFN2/c1-10(11-4-6-17-7-5-11)18-9-12-2-3-13(15)8-14(12)16/h2-8,10,18H,9H2,1H3. The van der Waals surface area contributed by atoms with E-state index in [1.54, 1.807) is 18.5 Å². The number of nitrogens with zero attached hydrogens (tertiary/aromatic N) is 1. The summed E-state index contributed by atoms with van der Waals surface area (Å²) in [7, 11) is 0. The molecule has 1 aromatic carbocycles. The molecule has 0 fully saturated rings. The summed E-state index contributed by atoms with van der Waals surface area (Å²) in [5, 5.41) is 3.29. The summed E-state index contributed by atoms with van der Waals surface area (Å²) in [6, 6.07) is 9.18. The molecule has 1 unspecified atom stereocenters. The van der Waals surface area contributed by atoms with Crippen molar-refractivity contribution in [2.24, 2.45) is 0 Å². The van der Waals surface area contributed by atoms with Crippen molar-refractivity contribution in [3.05, 3.63) is 64.1 Å². The summed E-state index contributed by atoms with van der Waals surface area (Å²) in [4.78, 5) is 3.98. The highest BCUT2D eigenvalue weighted by molar-refractivity contribution is 9.10. The number of hydrogen-bond donors (Lipinski definition) is 1. The Morgan fingerprint density at radius 2 is 2.00 bits per heavy atom. The first-order valence-corrected chi connectivity index (χ1v) is 6.53. The molecule has 0 saturated heterocycles. The highest BCUT2D eigenvalue weighted by Crippen LogP contribution is 2.17. The van der Waals surface area contributed by atoms with E-state index in [0.717, 1.165) is 10.0 Å². The molecule has 1 heterocycles. The van der Waals surface area contributed by atoms with Gasteiger partial charge >= 0.3 is 0 Å². The molecule has 0 aliphatic heterocycles. The van der Waals surface area contributed by atoms with Crippen LogP contribution in [0.25, 0.3) is 0 Å². The van der Waals surface area contributed by atoms with Gasteiger partial charge in [-0.25, -0.2) is 4.39 Å². The molecule has 2 aromatic rings. The van der Waals surface area contributed by atoms with Gasteiger partial charge in [-0.15, -0.1) is 0 Å². The van der Waals surface area contributed by atoms with Gasteiger partial charge in [0.05, 0.1) is 0 Å². The lowest BCUT2D eigenvalue weighted by Gasteiger charge is -2.14. The molecule has 0 aliphatic carbocycles. The maximum Gasteiger partial charge on any atom is 0.128 e. The van der Waals surface area contributed by atoms with Gasteiger partial charge in [0.2, 0.25) is 0 Å². The summed E-state index contributed by atoms with van der Waals surface area (Å²) in [5.74, 6) is -0.196. The Hall–Kier alpha value is -1.26. The molecule has 0 amide bonds. The van der Waals surface area contributed by atoms with E-state index in [1.165, 1.54) is 6.07 Å². The van der Waals surface area contributed by atoms with Crippen LogP contribution in [0.15, 0.2) is 47.2 Å². The quantitative estimate of drug-likeness (QED) is 0.928. The van der Waals surface area contributed by atoms with E-state index in [2.05, 4.69) is 26.2 Å². The molecule has 0 bridgehead atoms. The second-order valence-electron chi connectivity index (χ2n) is 4.12. The largest absolute Gasteiger partial charge is 0.306 e. The van der Waals surface area contributed by atoms with Crippen LogP contribution in [0, 0.1) is 5.82 Å². The smallest absolute Gasteiger partial charge is 0.128 e. The molecule has 1 atom stereocenters. The second-order valence-corrected chi connectivity index (χ2v) is 5.03. The van der Waals surface area contributed by atoms with Crippen LogP contribution in [0.2, 0.25) is 0 Å². The van der Waals surface area contributed by atoms with Crippen LogP contribution in [0.5, 0.6) is 0 Å². The summed E-state index contributed by atoms with van der Waals surface area (Å²) >= 11 is 3.25. The zero-order chi connectivity index (χ0) is 13.0. The van der Waals surface area contributed by atoms with Gasteiger partial charge in [0.25, 0.3) is 0 Å². The normalized spacial score (nSPS) is 12.4. The fourth-order valence-corrected chi connectivity index (χ4v) is 2.03. The van der Waals surface area contributed by atoms with Gasteiger partial charge in [0.1, 0.15) is 5.82 Å². The lowest BCUT2D eigenvalue weighted by atomic mass is 10.1. The third-order valence-electron chi connectivity index (χ3n) is 2.82. The number of aromatic nitrogens is 1. The van der Waals surface area contributed by atoms with E-state index in [1.807, 2.05) is 25.1 Å². The van der Waals surface area contributed by atoms with Crippen molar-refractivity contribution in [1.29, 1.82) is 0 Å². The lowest BCUT2D eigenvalue weighted by molar-refractivity contribution is 0.543. The average Bonchev–Trinajstić information content (AvgIpc) is 2.38. The molecule has 1 N–H and O–H groups in total. The summed E-state index contributed by atoms with van der Waals surface area (Å²) in [6.07, 6.45) is 3.52. The first-order chi connectivity index (χ1) is 8.66. The van der Waals surface area contributed by atoms with E-state index in [-0.39, 0.29) is 11.9 Å². The molecule has 4 heteroatoms. The minimum Gasteiger partial charge on any atom is -0.306 e. The Balaban J connectivity index is 1.99. The van der Waals surface area contributed by atoms with Crippen LogP contribution in [0.1, 0.15) is 24.1 Å². The van der Waals surface area contributed by atoms with E-state index >= 15 is 0 Å². The van der Waals surface area contributed by atoms with Gasteiger partial charge < -0.3 is 5.32 Å². The highest BCUT2D eigenvalue weighted by atomic mass is 79.9. The molecule has 18 heavy (non-hydrogen) atoms. The fraction of sp³-hybridized carbons (Fsp3) is 0.214. The van der Waals surface area contributed by atoms with Gasteiger partial charge in [-0.3, -0.25) is 4.98 Å². The maximum atomic E-state index is 13.6. The predicted molar refractivity (Wildman–Crippen MR) is 73.6 cm³/mol.